The summed E-state index contributed by atoms with van der Waals surface area (Å²) in [6.07, 6.45) is 2.41. The Kier molecular flexibility index (Phi) is 3.71. The highest BCUT2D eigenvalue weighted by atomic mass is 16.3. The molecule has 0 spiro atoms. The van der Waals surface area contributed by atoms with E-state index in [4.69, 9.17) is 0 Å². The Labute approximate surface area is 108 Å². The molecule has 0 radical (unpaired) electrons. The van der Waals surface area contributed by atoms with E-state index in [0.717, 1.165) is 36.1 Å². The van der Waals surface area contributed by atoms with Crippen molar-refractivity contribution in [3.8, 4) is 0 Å². The van der Waals surface area contributed by atoms with Gasteiger partial charge >= 0.3 is 0 Å². The summed E-state index contributed by atoms with van der Waals surface area (Å²) in [5, 5.41) is 10.5. The molecule has 0 saturated carbocycles. The molecule has 98 valence electrons. The lowest BCUT2D eigenvalue weighted by molar-refractivity contribution is 0.0154. The summed E-state index contributed by atoms with van der Waals surface area (Å²) in [6.45, 7) is 6.81. The third-order valence-corrected chi connectivity index (χ3v) is 3.82. The van der Waals surface area contributed by atoms with Gasteiger partial charge in [0, 0.05) is 6.42 Å². The van der Waals surface area contributed by atoms with Crippen LogP contribution in [-0.4, -0.2) is 20.3 Å². The minimum absolute atomic E-state index is 0.629. The van der Waals surface area contributed by atoms with E-state index in [0.29, 0.717) is 6.54 Å². The van der Waals surface area contributed by atoms with Gasteiger partial charge in [0.25, 0.3) is 0 Å². The summed E-state index contributed by atoms with van der Waals surface area (Å²) >= 11 is 0. The SMILES string of the molecule is CCc1nc2ccccc2n1CC(O)(CC)CC. The molecule has 0 saturated heterocycles. The number of hydrogen-bond donors (Lipinski definition) is 1. The molecule has 2 rings (SSSR count). The van der Waals surface area contributed by atoms with E-state index in [1.807, 2.05) is 32.0 Å². The van der Waals surface area contributed by atoms with Crippen LogP contribution in [0.2, 0.25) is 0 Å². The number of aliphatic hydroxyl groups is 1. The van der Waals surface area contributed by atoms with Gasteiger partial charge in [-0.2, -0.15) is 0 Å². The van der Waals surface area contributed by atoms with E-state index < -0.39 is 5.60 Å². The van der Waals surface area contributed by atoms with Crippen molar-refractivity contribution >= 4 is 11.0 Å². The quantitative estimate of drug-likeness (QED) is 0.880. The molecule has 1 aromatic heterocycles. The summed E-state index contributed by atoms with van der Waals surface area (Å²) in [5.74, 6) is 1.05. The van der Waals surface area contributed by atoms with Gasteiger partial charge in [0.15, 0.2) is 0 Å². The molecule has 2 aromatic rings. The lowest BCUT2D eigenvalue weighted by atomic mass is 9.97. The van der Waals surface area contributed by atoms with E-state index in [1.54, 1.807) is 0 Å². The molecule has 0 aliphatic carbocycles. The number of fused-ring (bicyclic) bond motifs is 1. The van der Waals surface area contributed by atoms with Crippen LogP contribution in [0, 0.1) is 0 Å². The molecule has 0 aliphatic heterocycles. The normalized spacial score (nSPS) is 12.2. The smallest absolute Gasteiger partial charge is 0.109 e. The van der Waals surface area contributed by atoms with Gasteiger partial charge in [-0.1, -0.05) is 32.9 Å². The van der Waals surface area contributed by atoms with Crippen molar-refractivity contribution in [2.45, 2.75) is 52.2 Å². The maximum Gasteiger partial charge on any atom is 0.109 e. The van der Waals surface area contributed by atoms with Gasteiger partial charge in [-0.3, -0.25) is 0 Å². The predicted molar refractivity (Wildman–Crippen MR) is 74.6 cm³/mol. The third kappa shape index (κ3) is 2.27. The fourth-order valence-electron chi connectivity index (χ4n) is 2.34. The van der Waals surface area contributed by atoms with Crippen LogP contribution in [-0.2, 0) is 13.0 Å². The second kappa shape index (κ2) is 5.11. The van der Waals surface area contributed by atoms with E-state index in [-0.39, 0.29) is 0 Å². The average molecular weight is 246 g/mol. The van der Waals surface area contributed by atoms with Crippen molar-refractivity contribution in [1.82, 2.24) is 9.55 Å². The van der Waals surface area contributed by atoms with Gasteiger partial charge in [0.05, 0.1) is 23.2 Å². The minimum Gasteiger partial charge on any atom is -0.388 e. The minimum atomic E-state index is -0.632. The van der Waals surface area contributed by atoms with Gasteiger partial charge in [0.2, 0.25) is 0 Å². The molecule has 0 atom stereocenters. The van der Waals surface area contributed by atoms with Crippen LogP contribution < -0.4 is 0 Å². The zero-order chi connectivity index (χ0) is 13.2. The lowest BCUT2D eigenvalue weighted by Crippen LogP contribution is -2.33. The van der Waals surface area contributed by atoms with Crippen LogP contribution in [0.4, 0.5) is 0 Å². The zero-order valence-electron chi connectivity index (χ0n) is 11.5. The topological polar surface area (TPSA) is 38.0 Å². The number of nitrogens with zero attached hydrogens (tertiary/aromatic N) is 2. The molecular formula is C15H22N2O. The van der Waals surface area contributed by atoms with Crippen LogP contribution in [0.15, 0.2) is 24.3 Å². The Bertz CT molecular complexity index is 526. The molecule has 0 fully saturated rings. The highest BCUT2D eigenvalue weighted by molar-refractivity contribution is 5.75. The Morgan fingerprint density at radius 1 is 1.17 bits per heavy atom. The molecule has 1 N–H and O–H groups in total. The van der Waals surface area contributed by atoms with Crippen molar-refractivity contribution in [2.24, 2.45) is 0 Å². The summed E-state index contributed by atoms with van der Waals surface area (Å²) in [6, 6.07) is 8.14. The van der Waals surface area contributed by atoms with E-state index in [9.17, 15) is 5.11 Å². The molecular weight excluding hydrogens is 224 g/mol. The van der Waals surface area contributed by atoms with Crippen LogP contribution in [0.3, 0.4) is 0 Å². The summed E-state index contributed by atoms with van der Waals surface area (Å²) in [7, 11) is 0. The lowest BCUT2D eigenvalue weighted by Gasteiger charge is -2.26. The highest BCUT2D eigenvalue weighted by Gasteiger charge is 2.24. The Morgan fingerprint density at radius 2 is 1.83 bits per heavy atom. The monoisotopic (exact) mass is 246 g/mol. The first-order valence-corrected chi connectivity index (χ1v) is 6.80. The van der Waals surface area contributed by atoms with Gasteiger partial charge in [-0.05, 0) is 25.0 Å². The van der Waals surface area contributed by atoms with E-state index in [2.05, 4.69) is 22.5 Å². The van der Waals surface area contributed by atoms with Crippen LogP contribution in [0.5, 0.6) is 0 Å². The molecule has 0 amide bonds. The fraction of sp³-hybridized carbons (Fsp3) is 0.533. The van der Waals surface area contributed by atoms with Gasteiger partial charge in [-0.25, -0.2) is 4.98 Å². The molecule has 18 heavy (non-hydrogen) atoms. The number of para-hydroxylation sites is 2. The number of benzene rings is 1. The van der Waals surface area contributed by atoms with Crippen LogP contribution in [0.1, 0.15) is 39.4 Å². The summed E-state index contributed by atoms with van der Waals surface area (Å²) in [4.78, 5) is 4.64. The summed E-state index contributed by atoms with van der Waals surface area (Å²) < 4.78 is 2.17. The number of aromatic nitrogens is 2. The standard InChI is InChI=1S/C15H22N2O/c1-4-14-16-12-9-7-8-10-13(12)17(14)11-15(18,5-2)6-3/h7-10,18H,4-6,11H2,1-3H3. The zero-order valence-corrected chi connectivity index (χ0v) is 11.5. The second-order valence-electron chi connectivity index (χ2n) is 4.89. The Morgan fingerprint density at radius 3 is 2.44 bits per heavy atom. The van der Waals surface area contributed by atoms with Crippen molar-refractivity contribution in [1.29, 1.82) is 0 Å². The van der Waals surface area contributed by atoms with Gasteiger partial charge in [0.1, 0.15) is 5.82 Å². The average Bonchev–Trinajstić information content (AvgIpc) is 2.76. The number of hydrogen-bond acceptors (Lipinski definition) is 2. The van der Waals surface area contributed by atoms with Crippen molar-refractivity contribution < 1.29 is 5.11 Å². The predicted octanol–water partition coefficient (Wildman–Crippen LogP) is 3.15. The fourth-order valence-corrected chi connectivity index (χ4v) is 2.34. The maximum atomic E-state index is 10.5. The van der Waals surface area contributed by atoms with Crippen LogP contribution >= 0.6 is 0 Å². The summed E-state index contributed by atoms with van der Waals surface area (Å²) in [5.41, 5.74) is 1.51. The van der Waals surface area contributed by atoms with E-state index >= 15 is 0 Å². The molecule has 1 aromatic carbocycles. The molecule has 0 bridgehead atoms. The van der Waals surface area contributed by atoms with Crippen molar-refractivity contribution in [3.05, 3.63) is 30.1 Å². The Hall–Kier alpha value is -1.35. The largest absolute Gasteiger partial charge is 0.388 e. The molecule has 0 unspecified atom stereocenters. The molecule has 3 heteroatoms. The highest BCUT2D eigenvalue weighted by Crippen LogP contribution is 2.23. The number of rotatable bonds is 5. The second-order valence-corrected chi connectivity index (χ2v) is 4.89. The van der Waals surface area contributed by atoms with Crippen molar-refractivity contribution in [2.75, 3.05) is 0 Å². The molecule has 1 heterocycles. The van der Waals surface area contributed by atoms with Crippen molar-refractivity contribution in [3.63, 3.8) is 0 Å². The molecule has 0 aliphatic rings. The first kappa shape index (κ1) is 13.1. The number of aryl methyl sites for hydroxylation is 1. The third-order valence-electron chi connectivity index (χ3n) is 3.82. The first-order valence-electron chi connectivity index (χ1n) is 6.80. The number of imidazole rings is 1. The first-order chi connectivity index (χ1) is 8.63. The van der Waals surface area contributed by atoms with Gasteiger partial charge in [-0.15, -0.1) is 0 Å². The molecule has 3 nitrogen and oxygen atoms in total. The van der Waals surface area contributed by atoms with E-state index in [1.165, 1.54) is 0 Å². The van der Waals surface area contributed by atoms with Gasteiger partial charge < -0.3 is 9.67 Å². The van der Waals surface area contributed by atoms with Crippen LogP contribution in [0.25, 0.3) is 11.0 Å². The maximum absolute atomic E-state index is 10.5. The Balaban J connectivity index is 2.48.